The fourth-order valence-corrected chi connectivity index (χ4v) is 5.32. The van der Waals surface area contributed by atoms with E-state index in [1.165, 1.54) is 22.2 Å². The highest BCUT2D eigenvalue weighted by Gasteiger charge is 2.24. The summed E-state index contributed by atoms with van der Waals surface area (Å²) >= 11 is 3.23. The lowest BCUT2D eigenvalue weighted by molar-refractivity contribution is -0.113. The van der Waals surface area contributed by atoms with Crippen LogP contribution >= 0.6 is 23.1 Å². The average Bonchev–Trinajstić information content (AvgIpc) is 3.28. The van der Waals surface area contributed by atoms with Crippen LogP contribution < -0.4 is 10.1 Å². The summed E-state index contributed by atoms with van der Waals surface area (Å²) in [5.41, 5.74) is 3.36. The second-order valence-electron chi connectivity index (χ2n) is 7.57. The zero-order valence-electron chi connectivity index (χ0n) is 18.2. The van der Waals surface area contributed by atoms with Crippen LogP contribution in [0.1, 0.15) is 33.3 Å². The van der Waals surface area contributed by atoms with E-state index in [9.17, 15) is 9.59 Å². The van der Waals surface area contributed by atoms with Gasteiger partial charge in [-0.1, -0.05) is 6.07 Å². The van der Waals surface area contributed by atoms with Crippen LogP contribution in [0, 0.1) is 6.92 Å². The average molecular weight is 467 g/mol. The van der Waals surface area contributed by atoms with Crippen molar-refractivity contribution >= 4 is 40.6 Å². The highest BCUT2D eigenvalue weighted by molar-refractivity contribution is 8.00. The molecule has 0 aliphatic carbocycles. The van der Waals surface area contributed by atoms with Gasteiger partial charge in [0.2, 0.25) is 5.91 Å². The van der Waals surface area contributed by atoms with E-state index in [1.54, 1.807) is 11.3 Å². The lowest BCUT2D eigenvalue weighted by Crippen LogP contribution is -2.35. The minimum atomic E-state index is -0.0996. The molecule has 5 nitrogen and oxygen atoms in total. The Morgan fingerprint density at radius 2 is 1.97 bits per heavy atom. The number of nitrogens with one attached hydrogen (secondary N) is 1. The van der Waals surface area contributed by atoms with Crippen molar-refractivity contribution in [1.82, 2.24) is 4.90 Å². The van der Waals surface area contributed by atoms with Crippen molar-refractivity contribution in [3.05, 3.63) is 75.5 Å². The predicted molar refractivity (Wildman–Crippen MR) is 131 cm³/mol. The maximum absolute atomic E-state index is 13.2. The number of ether oxygens (including phenoxy) is 1. The molecule has 0 spiro atoms. The van der Waals surface area contributed by atoms with Crippen LogP contribution in [0.15, 0.2) is 58.8 Å². The molecule has 1 aliphatic rings. The zero-order chi connectivity index (χ0) is 22.5. The number of benzene rings is 2. The topological polar surface area (TPSA) is 58.6 Å². The van der Waals surface area contributed by atoms with Crippen molar-refractivity contribution in [2.45, 2.75) is 31.7 Å². The number of fused-ring (bicyclic) bond motifs is 1. The van der Waals surface area contributed by atoms with Crippen LogP contribution in [-0.2, 0) is 17.8 Å². The number of nitrogens with zero attached hydrogens (tertiary/aromatic N) is 1. The van der Waals surface area contributed by atoms with E-state index in [4.69, 9.17) is 4.74 Å². The molecule has 1 aliphatic heterocycles. The monoisotopic (exact) mass is 466 g/mol. The first-order valence-corrected chi connectivity index (χ1v) is 12.5. The van der Waals surface area contributed by atoms with Crippen molar-refractivity contribution in [1.29, 1.82) is 0 Å². The van der Waals surface area contributed by atoms with Gasteiger partial charge in [-0.25, -0.2) is 0 Å². The van der Waals surface area contributed by atoms with Gasteiger partial charge in [0.1, 0.15) is 5.75 Å². The first kappa shape index (κ1) is 22.4. The number of hydrogen-bond donors (Lipinski definition) is 1. The summed E-state index contributed by atoms with van der Waals surface area (Å²) < 4.78 is 5.45. The van der Waals surface area contributed by atoms with Crippen molar-refractivity contribution in [3.8, 4) is 5.75 Å². The summed E-state index contributed by atoms with van der Waals surface area (Å²) in [6, 6.07) is 15.3. The Hall–Kier alpha value is -2.77. The largest absolute Gasteiger partial charge is 0.494 e. The van der Waals surface area contributed by atoms with Crippen LogP contribution in [0.2, 0.25) is 0 Å². The Labute approximate surface area is 196 Å². The SMILES string of the molecule is CCOc1ccc(SCC(=O)Nc2cccc(C(=O)N3CCc4sccc4C3)c2C)cc1. The predicted octanol–water partition coefficient (Wildman–Crippen LogP) is 5.38. The number of thioether (sulfide) groups is 1. The normalized spacial score (nSPS) is 12.9. The van der Waals surface area contributed by atoms with Crippen LogP contribution in [0.25, 0.3) is 0 Å². The Morgan fingerprint density at radius 1 is 1.16 bits per heavy atom. The van der Waals surface area contributed by atoms with Gasteiger partial charge in [0.25, 0.3) is 5.91 Å². The molecule has 1 aromatic heterocycles. The third-order valence-electron chi connectivity index (χ3n) is 5.44. The van der Waals surface area contributed by atoms with Crippen LogP contribution in [0.3, 0.4) is 0 Å². The second kappa shape index (κ2) is 10.2. The minimum absolute atomic E-state index is 0.0132. The van der Waals surface area contributed by atoms with Crippen molar-refractivity contribution in [2.24, 2.45) is 0 Å². The molecular weight excluding hydrogens is 440 g/mol. The summed E-state index contributed by atoms with van der Waals surface area (Å²) in [6.45, 7) is 5.84. The molecule has 0 saturated heterocycles. The van der Waals surface area contributed by atoms with Crippen LogP contribution in [0.4, 0.5) is 5.69 Å². The summed E-state index contributed by atoms with van der Waals surface area (Å²) in [5.74, 6) is 1.03. The van der Waals surface area contributed by atoms with Crippen molar-refractivity contribution in [2.75, 3.05) is 24.2 Å². The maximum Gasteiger partial charge on any atom is 0.254 e. The first-order chi connectivity index (χ1) is 15.5. The molecule has 3 aromatic rings. The first-order valence-electron chi connectivity index (χ1n) is 10.6. The number of anilines is 1. The number of hydrogen-bond acceptors (Lipinski definition) is 5. The Balaban J connectivity index is 1.37. The fourth-order valence-electron chi connectivity index (χ4n) is 3.73. The number of carbonyl (C=O) groups is 2. The summed E-state index contributed by atoms with van der Waals surface area (Å²) in [6.07, 6.45) is 0.900. The highest BCUT2D eigenvalue weighted by atomic mass is 32.2. The van der Waals surface area contributed by atoms with Gasteiger partial charge in [-0.3, -0.25) is 9.59 Å². The summed E-state index contributed by atoms with van der Waals surface area (Å²) in [5, 5.41) is 5.06. The van der Waals surface area contributed by atoms with Gasteiger partial charge in [0, 0.05) is 34.1 Å². The molecule has 2 aromatic carbocycles. The van der Waals surface area contributed by atoms with E-state index in [2.05, 4.69) is 16.8 Å². The van der Waals surface area contributed by atoms with Gasteiger partial charge in [-0.15, -0.1) is 23.1 Å². The van der Waals surface area contributed by atoms with E-state index in [1.807, 2.05) is 61.2 Å². The van der Waals surface area contributed by atoms with Crippen molar-refractivity contribution in [3.63, 3.8) is 0 Å². The fraction of sp³-hybridized carbons (Fsp3) is 0.280. The second-order valence-corrected chi connectivity index (χ2v) is 9.61. The van der Waals surface area contributed by atoms with Gasteiger partial charge >= 0.3 is 0 Å². The molecule has 0 unspecified atom stereocenters. The molecule has 4 rings (SSSR count). The third kappa shape index (κ3) is 5.16. The van der Waals surface area contributed by atoms with Crippen LogP contribution in [0.5, 0.6) is 5.75 Å². The van der Waals surface area contributed by atoms with Gasteiger partial charge in [-0.05, 0) is 79.2 Å². The highest BCUT2D eigenvalue weighted by Crippen LogP contribution is 2.27. The summed E-state index contributed by atoms with van der Waals surface area (Å²) in [7, 11) is 0. The molecular formula is C25H26N2O3S2. The minimum Gasteiger partial charge on any atom is -0.494 e. The molecule has 0 bridgehead atoms. The molecule has 32 heavy (non-hydrogen) atoms. The third-order valence-corrected chi connectivity index (χ3v) is 7.47. The number of thiophene rings is 1. The Kier molecular flexibility index (Phi) is 7.17. The van der Waals surface area contributed by atoms with Crippen molar-refractivity contribution < 1.29 is 14.3 Å². The zero-order valence-corrected chi connectivity index (χ0v) is 19.9. The molecule has 0 fully saturated rings. The van der Waals surface area contributed by atoms with E-state index in [0.29, 0.717) is 30.2 Å². The molecule has 2 amide bonds. The molecule has 1 N–H and O–H groups in total. The van der Waals surface area contributed by atoms with Gasteiger partial charge in [0.15, 0.2) is 0 Å². The molecule has 2 heterocycles. The molecule has 7 heteroatoms. The standard InChI is InChI=1S/C25H26N2O3S2/c1-3-30-19-7-9-20(10-8-19)32-16-24(28)26-22-6-4-5-21(17(22)2)25(29)27-13-11-23-18(15-27)12-14-31-23/h4-10,12,14H,3,11,13,15-16H2,1-2H3,(H,26,28). The molecule has 0 saturated carbocycles. The van der Waals surface area contributed by atoms with Gasteiger partial charge < -0.3 is 15.0 Å². The van der Waals surface area contributed by atoms with Gasteiger partial charge in [0.05, 0.1) is 12.4 Å². The molecule has 0 atom stereocenters. The summed E-state index contributed by atoms with van der Waals surface area (Å²) in [4.78, 5) is 30.0. The van der Waals surface area contributed by atoms with E-state index >= 15 is 0 Å². The molecule has 166 valence electrons. The number of amides is 2. The number of rotatable bonds is 7. The Bertz CT molecular complexity index is 1110. The van der Waals surface area contributed by atoms with Crippen LogP contribution in [-0.4, -0.2) is 35.6 Å². The van der Waals surface area contributed by atoms with E-state index in [-0.39, 0.29) is 11.8 Å². The smallest absolute Gasteiger partial charge is 0.254 e. The van der Waals surface area contributed by atoms with E-state index in [0.717, 1.165) is 29.2 Å². The van der Waals surface area contributed by atoms with Gasteiger partial charge in [-0.2, -0.15) is 0 Å². The lowest BCUT2D eigenvalue weighted by atomic mass is 10.0. The maximum atomic E-state index is 13.2. The van der Waals surface area contributed by atoms with E-state index < -0.39 is 0 Å². The quantitative estimate of drug-likeness (QED) is 0.475. The Morgan fingerprint density at radius 3 is 2.75 bits per heavy atom. The lowest BCUT2D eigenvalue weighted by Gasteiger charge is -2.28. The molecule has 0 radical (unpaired) electrons. The number of carbonyl (C=O) groups excluding carboxylic acids is 2.